The summed E-state index contributed by atoms with van der Waals surface area (Å²) in [6, 6.07) is 18.7. The molecule has 2 aromatic carbocycles. The SMILES string of the molecule is O=C(NCC1CCN(CC(F)(F)F)CC1)c1ccc(Nc2nc3c(N4CCC(CO)(c5ccc(Cl)cc5)CC4)cccn3n2)cc1. The first-order valence-electron chi connectivity index (χ1n) is 15.5. The lowest BCUT2D eigenvalue weighted by atomic mass is 9.73. The maximum Gasteiger partial charge on any atom is 0.401 e. The Morgan fingerprint density at radius 1 is 1.00 bits per heavy atom. The molecule has 2 saturated heterocycles. The summed E-state index contributed by atoms with van der Waals surface area (Å²) in [5.41, 5.74) is 3.68. The molecule has 3 N–H and O–H groups in total. The van der Waals surface area contributed by atoms with Gasteiger partial charge in [0, 0.05) is 47.5 Å². The second kappa shape index (κ2) is 13.5. The van der Waals surface area contributed by atoms with Crippen molar-refractivity contribution in [3.05, 3.63) is 83.0 Å². The van der Waals surface area contributed by atoms with E-state index in [1.165, 1.54) is 4.90 Å². The molecule has 244 valence electrons. The zero-order valence-electron chi connectivity index (χ0n) is 25.3. The predicted octanol–water partition coefficient (Wildman–Crippen LogP) is 5.66. The van der Waals surface area contributed by atoms with Crippen LogP contribution in [0.15, 0.2) is 66.9 Å². The van der Waals surface area contributed by atoms with Gasteiger partial charge >= 0.3 is 6.18 Å². The van der Waals surface area contributed by atoms with E-state index >= 15 is 0 Å². The molecule has 0 radical (unpaired) electrons. The van der Waals surface area contributed by atoms with Crippen molar-refractivity contribution in [3.63, 3.8) is 0 Å². The Kier molecular flexibility index (Phi) is 9.39. The van der Waals surface area contributed by atoms with E-state index in [9.17, 15) is 23.1 Å². The molecule has 9 nitrogen and oxygen atoms in total. The second-order valence-corrected chi connectivity index (χ2v) is 12.7. The third kappa shape index (κ3) is 7.40. The standard InChI is InChI=1S/C33H37ClF3N7O2/c34-26-7-5-25(6-8-26)32(22-45)13-18-43(19-14-32)28-2-1-15-44-29(28)40-31(41-44)39-27-9-3-24(4-10-27)30(46)38-20-23-11-16-42(17-12-23)21-33(35,36)37/h1-10,15,23,45H,11-14,16-22H2,(H,38,46)(H,39,41). The van der Waals surface area contributed by atoms with Crippen LogP contribution in [0.4, 0.5) is 30.5 Å². The first-order valence-corrected chi connectivity index (χ1v) is 15.9. The number of aliphatic hydroxyl groups excluding tert-OH is 1. The molecular weight excluding hydrogens is 619 g/mol. The lowest BCUT2D eigenvalue weighted by Crippen LogP contribution is -2.45. The van der Waals surface area contributed by atoms with Gasteiger partial charge in [0.2, 0.25) is 5.95 Å². The topological polar surface area (TPSA) is 98.0 Å². The summed E-state index contributed by atoms with van der Waals surface area (Å²) >= 11 is 6.09. The Hall–Kier alpha value is -3.87. The molecule has 46 heavy (non-hydrogen) atoms. The molecule has 0 atom stereocenters. The molecule has 4 heterocycles. The predicted molar refractivity (Wildman–Crippen MR) is 172 cm³/mol. The Balaban J connectivity index is 1.04. The molecule has 4 aromatic rings. The largest absolute Gasteiger partial charge is 0.401 e. The number of rotatable bonds is 9. The number of nitrogens with zero attached hydrogens (tertiary/aromatic N) is 5. The van der Waals surface area contributed by atoms with Crippen LogP contribution in [0.25, 0.3) is 5.65 Å². The molecule has 0 spiro atoms. The van der Waals surface area contributed by atoms with Gasteiger partial charge in [-0.3, -0.25) is 9.69 Å². The number of pyridine rings is 1. The van der Waals surface area contributed by atoms with Gasteiger partial charge in [-0.25, -0.2) is 4.52 Å². The number of carbonyl (C=O) groups excluding carboxylic acids is 1. The quantitative estimate of drug-likeness (QED) is 0.214. The van der Waals surface area contributed by atoms with Crippen molar-refractivity contribution in [3.8, 4) is 0 Å². The Morgan fingerprint density at radius 2 is 1.70 bits per heavy atom. The number of aliphatic hydroxyl groups is 1. The molecule has 2 aliphatic rings. The third-order valence-corrected chi connectivity index (χ3v) is 9.48. The maximum absolute atomic E-state index is 12.7. The first-order chi connectivity index (χ1) is 22.1. The van der Waals surface area contributed by atoms with Crippen LogP contribution >= 0.6 is 11.6 Å². The maximum atomic E-state index is 12.7. The number of amides is 1. The van der Waals surface area contributed by atoms with Gasteiger partial charge < -0.3 is 20.6 Å². The van der Waals surface area contributed by atoms with E-state index in [2.05, 4.69) is 20.6 Å². The van der Waals surface area contributed by atoms with E-state index in [0.29, 0.717) is 54.7 Å². The van der Waals surface area contributed by atoms with Crippen molar-refractivity contribution < 1.29 is 23.1 Å². The molecule has 0 aliphatic carbocycles. The van der Waals surface area contributed by atoms with Gasteiger partial charge in [-0.1, -0.05) is 23.7 Å². The molecule has 2 aliphatic heterocycles. The van der Waals surface area contributed by atoms with Gasteiger partial charge in [-0.15, -0.1) is 5.10 Å². The van der Waals surface area contributed by atoms with Crippen molar-refractivity contribution >= 4 is 40.5 Å². The van der Waals surface area contributed by atoms with Gasteiger partial charge in [0.1, 0.15) is 0 Å². The van der Waals surface area contributed by atoms with E-state index in [-0.39, 0.29) is 23.8 Å². The molecule has 13 heteroatoms. The highest BCUT2D eigenvalue weighted by Gasteiger charge is 2.36. The fraction of sp³-hybridized carbons (Fsp3) is 0.424. The summed E-state index contributed by atoms with van der Waals surface area (Å²) in [7, 11) is 0. The van der Waals surface area contributed by atoms with Crippen molar-refractivity contribution in [2.75, 3.05) is 56.1 Å². The van der Waals surface area contributed by atoms with Gasteiger partial charge in [0.05, 0.1) is 18.8 Å². The van der Waals surface area contributed by atoms with Crippen LogP contribution in [0, 0.1) is 5.92 Å². The number of carbonyl (C=O) groups is 1. The minimum atomic E-state index is -4.19. The summed E-state index contributed by atoms with van der Waals surface area (Å²) in [5, 5.41) is 21.8. The number of nitrogens with one attached hydrogen (secondary N) is 2. The number of hydrogen-bond acceptors (Lipinski definition) is 7. The number of anilines is 3. The smallest absolute Gasteiger partial charge is 0.395 e. The normalized spacial score (nSPS) is 17.7. The summed E-state index contributed by atoms with van der Waals surface area (Å²) in [5.74, 6) is 0.359. The van der Waals surface area contributed by atoms with Crippen LogP contribution in [-0.4, -0.2) is 82.6 Å². The van der Waals surface area contributed by atoms with Crippen molar-refractivity contribution in [2.24, 2.45) is 5.92 Å². The number of benzene rings is 2. The average Bonchev–Trinajstić information content (AvgIpc) is 3.47. The molecule has 6 rings (SSSR count). The minimum absolute atomic E-state index is 0.0693. The summed E-state index contributed by atoms with van der Waals surface area (Å²) in [6.45, 7) is 1.88. The highest BCUT2D eigenvalue weighted by molar-refractivity contribution is 6.30. The molecular formula is C33H37ClF3N7O2. The Bertz CT molecular complexity index is 1630. The number of halogens is 4. The highest BCUT2D eigenvalue weighted by atomic mass is 35.5. The number of alkyl halides is 3. The number of aromatic nitrogens is 3. The van der Waals surface area contributed by atoms with E-state index in [4.69, 9.17) is 16.6 Å². The second-order valence-electron chi connectivity index (χ2n) is 12.3. The highest BCUT2D eigenvalue weighted by Crippen LogP contribution is 2.38. The molecule has 0 bridgehead atoms. The summed E-state index contributed by atoms with van der Waals surface area (Å²) < 4.78 is 39.6. The number of likely N-dealkylation sites (tertiary alicyclic amines) is 1. The van der Waals surface area contributed by atoms with Crippen LogP contribution < -0.4 is 15.5 Å². The molecule has 0 unspecified atom stereocenters. The Labute approximate surface area is 270 Å². The zero-order valence-corrected chi connectivity index (χ0v) is 26.1. The summed E-state index contributed by atoms with van der Waals surface area (Å²) in [4.78, 5) is 21.2. The number of fused-ring (bicyclic) bond motifs is 1. The Morgan fingerprint density at radius 3 is 2.35 bits per heavy atom. The van der Waals surface area contributed by atoms with E-state index < -0.39 is 12.7 Å². The van der Waals surface area contributed by atoms with Crippen LogP contribution in [-0.2, 0) is 5.41 Å². The lowest BCUT2D eigenvalue weighted by Gasteiger charge is -2.42. The fourth-order valence-electron chi connectivity index (χ4n) is 6.48. The van der Waals surface area contributed by atoms with Gasteiger partial charge in [0.15, 0.2) is 5.65 Å². The van der Waals surface area contributed by atoms with Crippen LogP contribution in [0.1, 0.15) is 41.6 Å². The monoisotopic (exact) mass is 655 g/mol. The molecule has 0 saturated carbocycles. The van der Waals surface area contributed by atoms with Gasteiger partial charge in [0.25, 0.3) is 5.91 Å². The molecule has 2 aromatic heterocycles. The minimum Gasteiger partial charge on any atom is -0.395 e. The van der Waals surface area contributed by atoms with Crippen LogP contribution in [0.5, 0.6) is 0 Å². The van der Waals surface area contributed by atoms with Crippen molar-refractivity contribution in [1.82, 2.24) is 24.8 Å². The van der Waals surface area contributed by atoms with E-state index in [1.54, 1.807) is 28.8 Å². The average molecular weight is 656 g/mol. The third-order valence-electron chi connectivity index (χ3n) is 9.23. The lowest BCUT2D eigenvalue weighted by molar-refractivity contribution is -0.148. The van der Waals surface area contributed by atoms with E-state index in [0.717, 1.165) is 42.9 Å². The molecule has 1 amide bonds. The van der Waals surface area contributed by atoms with Gasteiger partial charge in [-0.2, -0.15) is 18.2 Å². The number of hydrogen-bond donors (Lipinski definition) is 3. The zero-order chi connectivity index (χ0) is 32.3. The van der Waals surface area contributed by atoms with Crippen molar-refractivity contribution in [2.45, 2.75) is 37.3 Å². The summed E-state index contributed by atoms with van der Waals surface area (Å²) in [6.07, 6.45) is 0.475. The fourth-order valence-corrected chi connectivity index (χ4v) is 6.61. The van der Waals surface area contributed by atoms with E-state index in [1.807, 2.05) is 42.6 Å². The number of piperidine rings is 2. The van der Waals surface area contributed by atoms with Crippen molar-refractivity contribution in [1.29, 1.82) is 0 Å². The van der Waals surface area contributed by atoms with Crippen LogP contribution in [0.3, 0.4) is 0 Å². The van der Waals surface area contributed by atoms with Crippen LogP contribution in [0.2, 0.25) is 5.02 Å². The first kappa shape index (κ1) is 32.1. The van der Waals surface area contributed by atoms with Gasteiger partial charge in [-0.05, 0) is 98.8 Å². The molecule has 2 fully saturated rings.